The minimum absolute atomic E-state index is 0.0439. The number of carbonyl (C=O) groups is 1. The zero-order valence-electron chi connectivity index (χ0n) is 16.1. The molecule has 1 amide bonds. The van der Waals surface area contributed by atoms with Crippen molar-refractivity contribution in [2.45, 2.75) is 25.5 Å². The van der Waals surface area contributed by atoms with Gasteiger partial charge in [-0.3, -0.25) is 9.36 Å². The van der Waals surface area contributed by atoms with E-state index in [0.29, 0.717) is 18.2 Å². The van der Waals surface area contributed by atoms with Crippen LogP contribution in [0, 0.1) is 13.8 Å². The minimum Gasteiger partial charge on any atom is -0.395 e. The molecule has 0 aliphatic rings. The number of aryl methyl sites for hydroxylation is 2. The molecule has 0 spiro atoms. The van der Waals surface area contributed by atoms with Crippen molar-refractivity contribution in [3.63, 3.8) is 0 Å². The highest BCUT2D eigenvalue weighted by molar-refractivity contribution is 7.99. The van der Waals surface area contributed by atoms with Gasteiger partial charge < -0.3 is 10.0 Å². The lowest BCUT2D eigenvalue weighted by Gasteiger charge is -2.21. The van der Waals surface area contributed by atoms with E-state index < -0.39 is 0 Å². The summed E-state index contributed by atoms with van der Waals surface area (Å²) >= 11 is 1.35. The summed E-state index contributed by atoms with van der Waals surface area (Å²) in [6, 6.07) is 15.9. The number of hydrogen-bond donors (Lipinski definition) is 1. The summed E-state index contributed by atoms with van der Waals surface area (Å²) in [7, 11) is 0. The molecule has 6 nitrogen and oxygen atoms in total. The van der Waals surface area contributed by atoms with Gasteiger partial charge in [0, 0.05) is 18.8 Å². The van der Waals surface area contributed by atoms with Gasteiger partial charge in [-0.05, 0) is 42.7 Å². The van der Waals surface area contributed by atoms with Crippen molar-refractivity contribution in [1.29, 1.82) is 0 Å². The van der Waals surface area contributed by atoms with Crippen LogP contribution in [0.4, 0.5) is 0 Å². The number of rotatable bonds is 8. The molecule has 28 heavy (non-hydrogen) atoms. The Balaban J connectivity index is 1.68. The number of amides is 1. The molecule has 146 valence electrons. The molecule has 0 bridgehead atoms. The molecular weight excluding hydrogens is 372 g/mol. The number of benzene rings is 2. The molecular formula is C21H24N4O2S. The molecule has 1 heterocycles. The lowest BCUT2D eigenvalue weighted by molar-refractivity contribution is -0.129. The van der Waals surface area contributed by atoms with Crippen LogP contribution < -0.4 is 0 Å². The maximum absolute atomic E-state index is 12.7. The standard InChI is InChI=1S/C21H24N4O2S/c1-16-8-9-19(12-17(16)2)25-15-22-23-21(25)28-14-20(27)24(10-11-26)13-18-6-4-3-5-7-18/h3-9,12,15,26H,10-11,13-14H2,1-2H3. The van der Waals surface area contributed by atoms with Gasteiger partial charge in [-0.1, -0.05) is 48.2 Å². The molecule has 0 saturated carbocycles. The first kappa shape index (κ1) is 20.1. The minimum atomic E-state index is -0.0674. The first-order valence-corrected chi connectivity index (χ1v) is 10.1. The van der Waals surface area contributed by atoms with Crippen molar-refractivity contribution < 1.29 is 9.90 Å². The zero-order chi connectivity index (χ0) is 19.9. The van der Waals surface area contributed by atoms with Crippen LogP contribution in [0.3, 0.4) is 0 Å². The summed E-state index contributed by atoms with van der Waals surface area (Å²) in [6.07, 6.45) is 1.66. The van der Waals surface area contributed by atoms with Gasteiger partial charge >= 0.3 is 0 Å². The van der Waals surface area contributed by atoms with Gasteiger partial charge in [-0.25, -0.2) is 0 Å². The van der Waals surface area contributed by atoms with Crippen LogP contribution in [-0.2, 0) is 11.3 Å². The largest absolute Gasteiger partial charge is 0.395 e. The molecule has 2 aromatic carbocycles. The van der Waals surface area contributed by atoms with E-state index in [1.807, 2.05) is 41.0 Å². The van der Waals surface area contributed by atoms with Crippen molar-refractivity contribution in [2.75, 3.05) is 18.9 Å². The van der Waals surface area contributed by atoms with Gasteiger partial charge in [-0.2, -0.15) is 0 Å². The highest BCUT2D eigenvalue weighted by atomic mass is 32.2. The Morgan fingerprint density at radius 3 is 2.64 bits per heavy atom. The molecule has 3 rings (SSSR count). The second-order valence-corrected chi connectivity index (χ2v) is 7.51. The summed E-state index contributed by atoms with van der Waals surface area (Å²) in [5.41, 5.74) is 4.42. The summed E-state index contributed by atoms with van der Waals surface area (Å²) < 4.78 is 1.89. The number of carbonyl (C=O) groups excluding carboxylic acids is 1. The summed E-state index contributed by atoms with van der Waals surface area (Å²) in [6.45, 7) is 4.85. The Morgan fingerprint density at radius 2 is 1.93 bits per heavy atom. The van der Waals surface area contributed by atoms with E-state index >= 15 is 0 Å². The predicted molar refractivity (Wildman–Crippen MR) is 111 cm³/mol. The van der Waals surface area contributed by atoms with E-state index in [9.17, 15) is 9.90 Å². The quantitative estimate of drug-likeness (QED) is 0.593. The molecule has 3 aromatic rings. The van der Waals surface area contributed by atoms with Gasteiger partial charge in [-0.15, -0.1) is 10.2 Å². The molecule has 1 aromatic heterocycles. The Bertz CT molecular complexity index is 927. The molecule has 0 aliphatic heterocycles. The van der Waals surface area contributed by atoms with Crippen molar-refractivity contribution in [2.24, 2.45) is 0 Å². The van der Waals surface area contributed by atoms with Gasteiger partial charge in [0.1, 0.15) is 6.33 Å². The van der Waals surface area contributed by atoms with E-state index in [1.54, 1.807) is 11.2 Å². The highest BCUT2D eigenvalue weighted by Gasteiger charge is 2.16. The normalized spacial score (nSPS) is 10.8. The summed E-state index contributed by atoms with van der Waals surface area (Å²) in [5, 5.41) is 18.2. The highest BCUT2D eigenvalue weighted by Crippen LogP contribution is 2.22. The monoisotopic (exact) mass is 396 g/mol. The Labute approximate surface area is 169 Å². The van der Waals surface area contributed by atoms with Gasteiger partial charge in [0.05, 0.1) is 12.4 Å². The number of thioether (sulfide) groups is 1. The molecule has 0 saturated heterocycles. The molecule has 0 fully saturated rings. The van der Waals surface area contributed by atoms with Crippen LogP contribution >= 0.6 is 11.8 Å². The topological polar surface area (TPSA) is 71.2 Å². The van der Waals surface area contributed by atoms with Gasteiger partial charge in [0.2, 0.25) is 5.91 Å². The number of aliphatic hydroxyl groups excluding tert-OH is 1. The van der Waals surface area contributed by atoms with Crippen LogP contribution in [-0.4, -0.2) is 49.6 Å². The third-order valence-electron chi connectivity index (χ3n) is 4.55. The van der Waals surface area contributed by atoms with Crippen LogP contribution in [0.15, 0.2) is 60.0 Å². The Hall–Kier alpha value is -2.64. The van der Waals surface area contributed by atoms with Gasteiger partial charge in [0.25, 0.3) is 0 Å². The third kappa shape index (κ3) is 4.99. The number of aliphatic hydroxyl groups is 1. The number of hydrogen-bond acceptors (Lipinski definition) is 5. The summed E-state index contributed by atoms with van der Waals surface area (Å²) in [5.74, 6) is 0.189. The van der Waals surface area contributed by atoms with E-state index in [2.05, 4.69) is 36.2 Å². The molecule has 0 unspecified atom stereocenters. The van der Waals surface area contributed by atoms with Crippen LogP contribution in [0.5, 0.6) is 0 Å². The average Bonchev–Trinajstić information content (AvgIpc) is 3.17. The fourth-order valence-corrected chi connectivity index (χ4v) is 3.64. The average molecular weight is 397 g/mol. The maximum Gasteiger partial charge on any atom is 0.233 e. The lowest BCUT2D eigenvalue weighted by Crippen LogP contribution is -2.34. The SMILES string of the molecule is Cc1ccc(-n2cnnc2SCC(=O)N(CCO)Cc2ccccc2)cc1C. The maximum atomic E-state index is 12.7. The first-order valence-electron chi connectivity index (χ1n) is 9.11. The second-order valence-electron chi connectivity index (χ2n) is 6.57. The van der Waals surface area contributed by atoms with E-state index in [0.717, 1.165) is 11.3 Å². The third-order valence-corrected chi connectivity index (χ3v) is 5.48. The second kappa shape index (κ2) is 9.52. The van der Waals surface area contributed by atoms with Crippen molar-refractivity contribution >= 4 is 17.7 Å². The van der Waals surface area contributed by atoms with E-state index in [1.165, 1.54) is 22.9 Å². The molecule has 0 atom stereocenters. The van der Waals surface area contributed by atoms with Crippen molar-refractivity contribution in [1.82, 2.24) is 19.7 Å². The van der Waals surface area contributed by atoms with Crippen LogP contribution in [0.1, 0.15) is 16.7 Å². The first-order chi connectivity index (χ1) is 13.6. The van der Waals surface area contributed by atoms with Crippen LogP contribution in [0.25, 0.3) is 5.69 Å². The fraction of sp³-hybridized carbons (Fsp3) is 0.286. The lowest BCUT2D eigenvalue weighted by atomic mass is 10.1. The zero-order valence-corrected chi connectivity index (χ0v) is 16.9. The van der Waals surface area contributed by atoms with E-state index in [-0.39, 0.29) is 18.3 Å². The van der Waals surface area contributed by atoms with Crippen molar-refractivity contribution in [3.8, 4) is 5.69 Å². The molecule has 0 aliphatic carbocycles. The van der Waals surface area contributed by atoms with E-state index in [4.69, 9.17) is 0 Å². The fourth-order valence-electron chi connectivity index (χ4n) is 2.81. The van der Waals surface area contributed by atoms with Crippen molar-refractivity contribution in [3.05, 3.63) is 71.5 Å². The Morgan fingerprint density at radius 1 is 1.14 bits per heavy atom. The Kier molecular flexibility index (Phi) is 6.84. The molecule has 1 N–H and O–H groups in total. The predicted octanol–water partition coefficient (Wildman–Crippen LogP) is 3.00. The smallest absolute Gasteiger partial charge is 0.233 e. The molecule has 0 radical (unpaired) electrons. The van der Waals surface area contributed by atoms with Gasteiger partial charge in [0.15, 0.2) is 5.16 Å². The number of nitrogens with zero attached hydrogens (tertiary/aromatic N) is 4. The van der Waals surface area contributed by atoms with Crippen LogP contribution in [0.2, 0.25) is 0 Å². The molecule has 7 heteroatoms. The summed E-state index contributed by atoms with van der Waals surface area (Å²) in [4.78, 5) is 14.4. The number of aromatic nitrogens is 3.